The van der Waals surface area contributed by atoms with E-state index in [1.165, 1.54) is 6.07 Å². The van der Waals surface area contributed by atoms with Crippen LogP contribution in [0.15, 0.2) is 6.07 Å². The van der Waals surface area contributed by atoms with Crippen LogP contribution in [-0.4, -0.2) is 42.7 Å². The Balaban J connectivity index is 2.15. The first-order valence-corrected chi connectivity index (χ1v) is 7.02. The summed E-state index contributed by atoms with van der Waals surface area (Å²) in [7, 11) is 1.59. The van der Waals surface area contributed by atoms with Crippen LogP contribution < -0.4 is 10.6 Å². The first kappa shape index (κ1) is 15.4. The minimum absolute atomic E-state index is 0.00102. The molecule has 8 heteroatoms. The van der Waals surface area contributed by atoms with Crippen molar-refractivity contribution in [3.63, 3.8) is 0 Å². The average molecular weight is 319 g/mol. The third-order valence-electron chi connectivity index (χ3n) is 3.37. The molecule has 0 spiro atoms. The van der Waals surface area contributed by atoms with Crippen LogP contribution in [0.5, 0.6) is 0 Å². The maximum absolute atomic E-state index is 12.5. The summed E-state index contributed by atoms with van der Waals surface area (Å²) in [6.45, 7) is 1.93. The number of halogens is 2. The number of carbonyl (C=O) groups excluding carboxylic acids is 1. The van der Waals surface area contributed by atoms with Gasteiger partial charge in [-0.25, -0.2) is 9.97 Å². The van der Waals surface area contributed by atoms with E-state index in [9.17, 15) is 4.79 Å². The molecule has 0 aliphatic carbocycles. The molecule has 20 heavy (non-hydrogen) atoms. The first-order chi connectivity index (χ1) is 9.55. The summed E-state index contributed by atoms with van der Waals surface area (Å²) in [6.07, 6.45) is 1.42. The topological polar surface area (TPSA) is 76.1 Å². The minimum atomic E-state index is -0.552. The number of anilines is 1. The summed E-state index contributed by atoms with van der Waals surface area (Å²) in [5, 5.41) is 6.17. The SMILES string of the molecule is COCC1(C(=O)Nc2cc(Cl)nc(Cl)n2)CCNCC1. The van der Waals surface area contributed by atoms with Gasteiger partial charge in [-0.15, -0.1) is 0 Å². The molecule has 1 amide bonds. The second-order valence-corrected chi connectivity index (χ2v) is 5.49. The van der Waals surface area contributed by atoms with E-state index in [4.69, 9.17) is 27.9 Å². The lowest BCUT2D eigenvalue weighted by Crippen LogP contribution is -2.47. The second-order valence-electron chi connectivity index (χ2n) is 4.76. The van der Waals surface area contributed by atoms with Crippen LogP contribution in [0.1, 0.15) is 12.8 Å². The fraction of sp³-hybridized carbons (Fsp3) is 0.583. The minimum Gasteiger partial charge on any atom is -0.384 e. The molecule has 1 aromatic rings. The van der Waals surface area contributed by atoms with E-state index in [0.29, 0.717) is 25.3 Å². The van der Waals surface area contributed by atoms with Gasteiger partial charge in [0.15, 0.2) is 0 Å². The lowest BCUT2D eigenvalue weighted by molar-refractivity contribution is -0.130. The van der Waals surface area contributed by atoms with Gasteiger partial charge in [0.1, 0.15) is 11.0 Å². The monoisotopic (exact) mass is 318 g/mol. The van der Waals surface area contributed by atoms with Gasteiger partial charge in [-0.1, -0.05) is 11.6 Å². The molecule has 2 rings (SSSR count). The first-order valence-electron chi connectivity index (χ1n) is 6.27. The van der Waals surface area contributed by atoms with Crippen molar-refractivity contribution >= 4 is 34.9 Å². The number of aromatic nitrogens is 2. The lowest BCUT2D eigenvalue weighted by atomic mass is 9.78. The lowest BCUT2D eigenvalue weighted by Gasteiger charge is -2.35. The molecule has 110 valence electrons. The van der Waals surface area contributed by atoms with E-state index in [1.54, 1.807) is 7.11 Å². The molecule has 0 aromatic carbocycles. The fourth-order valence-electron chi connectivity index (χ4n) is 2.32. The number of methoxy groups -OCH3 is 1. The van der Waals surface area contributed by atoms with E-state index >= 15 is 0 Å². The summed E-state index contributed by atoms with van der Waals surface area (Å²) in [6, 6.07) is 1.47. The normalized spacial score (nSPS) is 17.8. The quantitative estimate of drug-likeness (QED) is 0.653. The van der Waals surface area contributed by atoms with Gasteiger partial charge in [-0.3, -0.25) is 4.79 Å². The van der Waals surface area contributed by atoms with Crippen molar-refractivity contribution in [1.29, 1.82) is 0 Å². The Labute approximate surface area is 127 Å². The molecular formula is C12H16Cl2N4O2. The van der Waals surface area contributed by atoms with Crippen molar-refractivity contribution in [2.75, 3.05) is 32.1 Å². The third kappa shape index (κ3) is 3.58. The molecule has 6 nitrogen and oxygen atoms in total. The van der Waals surface area contributed by atoms with Crippen LogP contribution in [0.2, 0.25) is 10.4 Å². The Kier molecular flexibility index (Phi) is 5.15. The predicted molar refractivity (Wildman–Crippen MR) is 77.1 cm³/mol. The van der Waals surface area contributed by atoms with Crippen molar-refractivity contribution < 1.29 is 9.53 Å². The van der Waals surface area contributed by atoms with Gasteiger partial charge in [0.2, 0.25) is 11.2 Å². The van der Waals surface area contributed by atoms with Crippen molar-refractivity contribution in [3.8, 4) is 0 Å². The number of carbonyl (C=O) groups is 1. The van der Waals surface area contributed by atoms with E-state index in [0.717, 1.165) is 13.1 Å². The molecule has 0 bridgehead atoms. The maximum atomic E-state index is 12.5. The van der Waals surface area contributed by atoms with Gasteiger partial charge < -0.3 is 15.4 Å². The van der Waals surface area contributed by atoms with Crippen LogP contribution in [0, 0.1) is 5.41 Å². The predicted octanol–water partition coefficient (Wildman–Crippen LogP) is 1.74. The van der Waals surface area contributed by atoms with Crippen LogP contribution in [0.3, 0.4) is 0 Å². The van der Waals surface area contributed by atoms with Gasteiger partial charge in [0.25, 0.3) is 0 Å². The zero-order valence-electron chi connectivity index (χ0n) is 11.1. The Morgan fingerprint density at radius 1 is 1.45 bits per heavy atom. The van der Waals surface area contributed by atoms with Gasteiger partial charge in [0.05, 0.1) is 12.0 Å². The molecule has 1 aliphatic rings. The Morgan fingerprint density at radius 2 is 2.15 bits per heavy atom. The zero-order chi connectivity index (χ0) is 14.6. The number of ether oxygens (including phenoxy) is 1. The highest BCUT2D eigenvalue weighted by Crippen LogP contribution is 2.31. The smallest absolute Gasteiger partial charge is 0.234 e. The highest BCUT2D eigenvalue weighted by Gasteiger charge is 2.39. The van der Waals surface area contributed by atoms with E-state index in [1.807, 2.05) is 0 Å². The van der Waals surface area contributed by atoms with Crippen LogP contribution in [-0.2, 0) is 9.53 Å². The Hall–Kier alpha value is -0.950. The summed E-state index contributed by atoms with van der Waals surface area (Å²) >= 11 is 11.5. The summed E-state index contributed by atoms with van der Waals surface area (Å²) < 4.78 is 5.22. The third-order valence-corrected chi connectivity index (χ3v) is 3.73. The molecule has 0 unspecified atom stereocenters. The number of nitrogens with one attached hydrogen (secondary N) is 2. The number of rotatable bonds is 4. The van der Waals surface area contributed by atoms with Gasteiger partial charge in [-0.2, -0.15) is 0 Å². The summed E-state index contributed by atoms with van der Waals surface area (Å²) in [5.74, 6) is 0.167. The van der Waals surface area contributed by atoms with Gasteiger partial charge in [-0.05, 0) is 37.5 Å². The molecular weight excluding hydrogens is 303 g/mol. The molecule has 1 aromatic heterocycles. The molecule has 2 heterocycles. The van der Waals surface area contributed by atoms with Crippen molar-refractivity contribution in [2.45, 2.75) is 12.8 Å². The van der Waals surface area contributed by atoms with Crippen LogP contribution >= 0.6 is 23.2 Å². The second kappa shape index (κ2) is 6.67. The maximum Gasteiger partial charge on any atom is 0.234 e. The number of amides is 1. The number of hydrogen-bond acceptors (Lipinski definition) is 5. The molecule has 0 radical (unpaired) electrons. The standard InChI is InChI=1S/C12H16Cl2N4O2/c1-20-7-12(2-4-15-5-3-12)10(19)17-9-6-8(13)16-11(14)18-9/h6,15H,2-5,7H2,1H3,(H,16,17,18,19). The van der Waals surface area contributed by atoms with Gasteiger partial charge >= 0.3 is 0 Å². The number of hydrogen-bond donors (Lipinski definition) is 2. The molecule has 2 N–H and O–H groups in total. The molecule has 1 aliphatic heterocycles. The van der Waals surface area contributed by atoms with Crippen LogP contribution in [0.25, 0.3) is 0 Å². The molecule has 1 saturated heterocycles. The van der Waals surface area contributed by atoms with Gasteiger partial charge in [0, 0.05) is 13.2 Å². The summed E-state index contributed by atoms with van der Waals surface area (Å²) in [5.41, 5.74) is -0.552. The Bertz CT molecular complexity index is 467. The number of nitrogens with zero attached hydrogens (tertiary/aromatic N) is 2. The largest absolute Gasteiger partial charge is 0.384 e. The highest BCUT2D eigenvalue weighted by molar-refractivity contribution is 6.32. The van der Waals surface area contributed by atoms with Crippen molar-refractivity contribution in [3.05, 3.63) is 16.5 Å². The molecule has 1 fully saturated rings. The summed E-state index contributed by atoms with van der Waals surface area (Å²) in [4.78, 5) is 20.2. The number of piperidine rings is 1. The van der Waals surface area contributed by atoms with E-state index < -0.39 is 5.41 Å². The molecule has 0 saturated carbocycles. The van der Waals surface area contributed by atoms with Crippen molar-refractivity contribution in [1.82, 2.24) is 15.3 Å². The van der Waals surface area contributed by atoms with Crippen LogP contribution in [0.4, 0.5) is 5.82 Å². The Morgan fingerprint density at radius 3 is 2.75 bits per heavy atom. The highest BCUT2D eigenvalue weighted by atomic mass is 35.5. The van der Waals surface area contributed by atoms with E-state index in [-0.39, 0.29) is 16.3 Å². The van der Waals surface area contributed by atoms with E-state index in [2.05, 4.69) is 20.6 Å². The molecule has 0 atom stereocenters. The van der Waals surface area contributed by atoms with Crippen molar-refractivity contribution in [2.24, 2.45) is 5.41 Å². The fourth-order valence-corrected chi connectivity index (χ4v) is 2.73. The average Bonchev–Trinajstić information content (AvgIpc) is 2.38. The zero-order valence-corrected chi connectivity index (χ0v) is 12.6.